The second kappa shape index (κ2) is 9.38. The van der Waals surface area contributed by atoms with Crippen molar-refractivity contribution in [1.82, 2.24) is 25.3 Å². The standard InChI is InChI=1S/C25H24FN5O2/c1-32-20-4-2-3-5-21(20)33-25-28-15-12-19(29-25)23-22(16-6-8-18(26)9-7-16)30-24(31-23)17-10-13-27-14-11-17/h2-9,12,15,17,27H,10-11,13-14H2,1H3,(H,30,31). The highest BCUT2D eigenvalue weighted by molar-refractivity contribution is 5.76. The number of para-hydroxylation sites is 2. The van der Waals surface area contributed by atoms with Gasteiger partial charge < -0.3 is 19.8 Å². The molecule has 0 atom stereocenters. The summed E-state index contributed by atoms with van der Waals surface area (Å²) in [6.07, 6.45) is 3.65. The summed E-state index contributed by atoms with van der Waals surface area (Å²) in [6.45, 7) is 1.91. The molecule has 1 fully saturated rings. The molecule has 7 nitrogen and oxygen atoms in total. The molecule has 4 aromatic rings. The smallest absolute Gasteiger partial charge is 0.322 e. The number of methoxy groups -OCH3 is 1. The molecule has 2 aromatic carbocycles. The van der Waals surface area contributed by atoms with Crippen LogP contribution in [-0.4, -0.2) is 40.1 Å². The molecule has 3 heterocycles. The Bertz CT molecular complexity index is 1240. The highest BCUT2D eigenvalue weighted by Crippen LogP contribution is 2.35. The molecule has 1 aliphatic heterocycles. The number of aromatic nitrogens is 4. The van der Waals surface area contributed by atoms with E-state index in [1.807, 2.05) is 24.3 Å². The van der Waals surface area contributed by atoms with Crippen molar-refractivity contribution in [2.45, 2.75) is 18.8 Å². The van der Waals surface area contributed by atoms with Crippen LogP contribution in [0.4, 0.5) is 4.39 Å². The molecule has 0 saturated carbocycles. The average Bonchev–Trinajstić information content (AvgIpc) is 3.31. The summed E-state index contributed by atoms with van der Waals surface area (Å²) in [4.78, 5) is 17.3. The number of H-pyrrole nitrogens is 1. The van der Waals surface area contributed by atoms with E-state index in [4.69, 9.17) is 14.5 Å². The van der Waals surface area contributed by atoms with Gasteiger partial charge in [0.05, 0.1) is 24.2 Å². The monoisotopic (exact) mass is 445 g/mol. The van der Waals surface area contributed by atoms with E-state index in [1.165, 1.54) is 12.1 Å². The molecule has 0 spiro atoms. The van der Waals surface area contributed by atoms with Crippen molar-refractivity contribution in [3.05, 3.63) is 72.4 Å². The van der Waals surface area contributed by atoms with Gasteiger partial charge in [0.2, 0.25) is 0 Å². The Hall–Kier alpha value is -3.78. The fourth-order valence-electron chi connectivity index (χ4n) is 4.01. The minimum atomic E-state index is -0.288. The summed E-state index contributed by atoms with van der Waals surface area (Å²) in [5, 5.41) is 3.38. The molecule has 33 heavy (non-hydrogen) atoms. The molecular formula is C25H24FN5O2. The van der Waals surface area contributed by atoms with Crippen LogP contribution >= 0.6 is 0 Å². The summed E-state index contributed by atoms with van der Waals surface area (Å²) in [5.41, 5.74) is 2.93. The summed E-state index contributed by atoms with van der Waals surface area (Å²) in [7, 11) is 1.58. The maximum Gasteiger partial charge on any atom is 0.322 e. The highest BCUT2D eigenvalue weighted by Gasteiger charge is 2.23. The van der Waals surface area contributed by atoms with Crippen LogP contribution in [0.5, 0.6) is 17.5 Å². The number of hydrogen-bond acceptors (Lipinski definition) is 6. The number of rotatable bonds is 6. The normalized spacial score (nSPS) is 14.2. The van der Waals surface area contributed by atoms with Crippen LogP contribution in [0.25, 0.3) is 22.6 Å². The second-order valence-corrected chi connectivity index (χ2v) is 7.85. The first-order valence-corrected chi connectivity index (χ1v) is 10.9. The summed E-state index contributed by atoms with van der Waals surface area (Å²) in [5.74, 6) is 2.06. The molecule has 1 saturated heterocycles. The molecule has 0 amide bonds. The zero-order chi connectivity index (χ0) is 22.6. The van der Waals surface area contributed by atoms with Gasteiger partial charge >= 0.3 is 6.01 Å². The van der Waals surface area contributed by atoms with Crippen molar-refractivity contribution in [2.75, 3.05) is 20.2 Å². The molecular weight excluding hydrogens is 421 g/mol. The third-order valence-electron chi connectivity index (χ3n) is 5.73. The minimum absolute atomic E-state index is 0.195. The molecule has 2 aromatic heterocycles. The van der Waals surface area contributed by atoms with Gasteiger partial charge in [-0.3, -0.25) is 0 Å². The Balaban J connectivity index is 1.54. The number of benzene rings is 2. The number of piperidine rings is 1. The van der Waals surface area contributed by atoms with E-state index < -0.39 is 0 Å². The van der Waals surface area contributed by atoms with Gasteiger partial charge in [0.1, 0.15) is 11.6 Å². The number of imidazole rings is 1. The SMILES string of the molecule is COc1ccccc1Oc1nccc(-c2[nH]c(C3CCNCC3)nc2-c2ccc(F)cc2)n1. The van der Waals surface area contributed by atoms with Crippen LogP contribution in [0, 0.1) is 5.82 Å². The van der Waals surface area contributed by atoms with Crippen LogP contribution in [-0.2, 0) is 0 Å². The van der Waals surface area contributed by atoms with Crippen molar-refractivity contribution in [1.29, 1.82) is 0 Å². The first kappa shape index (κ1) is 21.1. The lowest BCUT2D eigenvalue weighted by Gasteiger charge is -2.20. The predicted octanol–water partition coefficient (Wildman–Crippen LogP) is 4.94. The largest absolute Gasteiger partial charge is 0.493 e. The van der Waals surface area contributed by atoms with Gasteiger partial charge in [0.15, 0.2) is 11.5 Å². The maximum absolute atomic E-state index is 13.6. The van der Waals surface area contributed by atoms with Crippen LogP contribution < -0.4 is 14.8 Å². The van der Waals surface area contributed by atoms with Crippen molar-refractivity contribution >= 4 is 0 Å². The van der Waals surface area contributed by atoms with E-state index >= 15 is 0 Å². The summed E-state index contributed by atoms with van der Waals surface area (Å²) >= 11 is 0. The van der Waals surface area contributed by atoms with Gasteiger partial charge in [-0.25, -0.2) is 14.4 Å². The average molecular weight is 445 g/mol. The number of halogens is 1. The van der Waals surface area contributed by atoms with E-state index in [0.29, 0.717) is 23.1 Å². The number of hydrogen-bond donors (Lipinski definition) is 2. The molecule has 1 aliphatic rings. The van der Waals surface area contributed by atoms with Gasteiger partial charge in [0, 0.05) is 17.7 Å². The van der Waals surface area contributed by atoms with Crippen LogP contribution in [0.3, 0.4) is 0 Å². The van der Waals surface area contributed by atoms with Crippen molar-refractivity contribution in [2.24, 2.45) is 0 Å². The molecule has 0 aliphatic carbocycles. The number of aromatic amines is 1. The van der Waals surface area contributed by atoms with Crippen LogP contribution in [0.2, 0.25) is 0 Å². The molecule has 0 bridgehead atoms. The Morgan fingerprint density at radius 1 is 0.939 bits per heavy atom. The minimum Gasteiger partial charge on any atom is -0.493 e. The molecule has 0 unspecified atom stereocenters. The fraction of sp³-hybridized carbons (Fsp3) is 0.240. The molecule has 168 valence electrons. The topological polar surface area (TPSA) is 85.0 Å². The van der Waals surface area contributed by atoms with E-state index in [1.54, 1.807) is 31.5 Å². The van der Waals surface area contributed by atoms with Crippen molar-refractivity contribution in [3.8, 4) is 40.2 Å². The molecule has 0 radical (unpaired) electrons. The Morgan fingerprint density at radius 3 is 2.45 bits per heavy atom. The van der Waals surface area contributed by atoms with Gasteiger partial charge in [-0.15, -0.1) is 0 Å². The lowest BCUT2D eigenvalue weighted by Crippen LogP contribution is -2.27. The Morgan fingerprint density at radius 2 is 1.70 bits per heavy atom. The predicted molar refractivity (Wildman–Crippen MR) is 123 cm³/mol. The van der Waals surface area contributed by atoms with Gasteiger partial charge in [-0.2, -0.15) is 4.98 Å². The maximum atomic E-state index is 13.6. The first-order valence-electron chi connectivity index (χ1n) is 10.9. The number of nitrogens with one attached hydrogen (secondary N) is 2. The quantitative estimate of drug-likeness (QED) is 0.437. The zero-order valence-electron chi connectivity index (χ0n) is 18.2. The molecule has 8 heteroatoms. The lowest BCUT2D eigenvalue weighted by atomic mass is 9.98. The third-order valence-corrected chi connectivity index (χ3v) is 5.73. The van der Waals surface area contributed by atoms with E-state index in [2.05, 4.69) is 20.3 Å². The van der Waals surface area contributed by atoms with Crippen LogP contribution in [0.1, 0.15) is 24.6 Å². The summed E-state index contributed by atoms with van der Waals surface area (Å²) < 4.78 is 24.8. The zero-order valence-corrected chi connectivity index (χ0v) is 18.2. The van der Waals surface area contributed by atoms with E-state index in [0.717, 1.165) is 48.7 Å². The Kier molecular flexibility index (Phi) is 5.99. The molecule has 2 N–H and O–H groups in total. The fourth-order valence-corrected chi connectivity index (χ4v) is 4.01. The third kappa shape index (κ3) is 4.56. The van der Waals surface area contributed by atoms with Gasteiger partial charge in [0.25, 0.3) is 0 Å². The molecule has 5 rings (SSSR count). The van der Waals surface area contributed by atoms with E-state index in [-0.39, 0.29) is 11.8 Å². The second-order valence-electron chi connectivity index (χ2n) is 7.85. The summed E-state index contributed by atoms with van der Waals surface area (Å²) in [6, 6.07) is 15.7. The van der Waals surface area contributed by atoms with E-state index in [9.17, 15) is 4.39 Å². The number of ether oxygens (including phenoxy) is 2. The van der Waals surface area contributed by atoms with Crippen LogP contribution in [0.15, 0.2) is 60.8 Å². The van der Waals surface area contributed by atoms with Crippen molar-refractivity contribution in [3.63, 3.8) is 0 Å². The lowest BCUT2D eigenvalue weighted by molar-refractivity contribution is 0.368. The number of nitrogens with zero attached hydrogens (tertiary/aromatic N) is 3. The van der Waals surface area contributed by atoms with Crippen molar-refractivity contribution < 1.29 is 13.9 Å². The van der Waals surface area contributed by atoms with Gasteiger partial charge in [-0.05, 0) is 68.4 Å². The van der Waals surface area contributed by atoms with Gasteiger partial charge in [-0.1, -0.05) is 12.1 Å². The Labute approximate surface area is 191 Å². The first-order chi connectivity index (χ1) is 16.2. The highest BCUT2D eigenvalue weighted by atomic mass is 19.1.